The second-order valence-corrected chi connectivity index (χ2v) is 6.13. The van der Waals surface area contributed by atoms with E-state index in [2.05, 4.69) is 49.7 Å². The first-order chi connectivity index (χ1) is 9.60. The van der Waals surface area contributed by atoms with E-state index in [1.54, 1.807) is 6.92 Å². The van der Waals surface area contributed by atoms with Gasteiger partial charge in [-0.1, -0.05) is 6.07 Å². The number of nitrogens with one attached hydrogen (secondary N) is 2. The number of carbonyl (C=O) groups is 1. The highest BCUT2D eigenvalue weighted by Crippen LogP contribution is 2.29. The van der Waals surface area contributed by atoms with Crippen LogP contribution in [0.1, 0.15) is 25.3 Å². The van der Waals surface area contributed by atoms with Gasteiger partial charge < -0.3 is 15.5 Å². The molecule has 2 rings (SSSR count). The van der Waals surface area contributed by atoms with Crippen molar-refractivity contribution in [2.75, 3.05) is 25.0 Å². The monoisotopic (exact) mass is 339 g/mol. The van der Waals surface area contributed by atoms with Crippen molar-refractivity contribution in [3.05, 3.63) is 28.2 Å². The third-order valence-corrected chi connectivity index (χ3v) is 4.27. The van der Waals surface area contributed by atoms with Gasteiger partial charge in [0.25, 0.3) is 0 Å². The number of benzene rings is 1. The second-order valence-electron chi connectivity index (χ2n) is 5.28. The number of rotatable bonds is 4. The molecule has 0 atom stereocenters. The molecular formula is C15H22BrN3O. The number of anilines is 1. The Morgan fingerprint density at radius 1 is 1.40 bits per heavy atom. The predicted octanol–water partition coefficient (Wildman–Crippen LogP) is 2.27. The highest BCUT2D eigenvalue weighted by atomic mass is 79.9. The third kappa shape index (κ3) is 3.96. The molecule has 0 aliphatic carbocycles. The molecule has 20 heavy (non-hydrogen) atoms. The van der Waals surface area contributed by atoms with Crippen molar-refractivity contribution in [1.82, 2.24) is 10.6 Å². The Morgan fingerprint density at radius 3 is 2.65 bits per heavy atom. The van der Waals surface area contributed by atoms with Crippen LogP contribution in [0.4, 0.5) is 5.69 Å². The van der Waals surface area contributed by atoms with Crippen molar-refractivity contribution in [3.8, 4) is 0 Å². The molecule has 0 spiro atoms. The van der Waals surface area contributed by atoms with E-state index in [1.807, 2.05) is 7.05 Å². The molecule has 1 aliphatic heterocycles. The van der Waals surface area contributed by atoms with Gasteiger partial charge in [-0.3, -0.25) is 4.79 Å². The first-order valence-corrected chi connectivity index (χ1v) is 7.84. The Morgan fingerprint density at radius 2 is 2.10 bits per heavy atom. The quantitative estimate of drug-likeness (QED) is 0.884. The number of carbonyl (C=O) groups excluding carboxylic acids is 1. The van der Waals surface area contributed by atoms with Gasteiger partial charge in [0, 0.05) is 37.1 Å². The van der Waals surface area contributed by atoms with Gasteiger partial charge in [-0.2, -0.15) is 0 Å². The van der Waals surface area contributed by atoms with Gasteiger partial charge in [0.2, 0.25) is 5.91 Å². The normalized spacial score (nSPS) is 16.2. The fourth-order valence-corrected chi connectivity index (χ4v) is 3.35. The maximum Gasteiger partial charge on any atom is 0.217 e. The third-order valence-electron chi connectivity index (χ3n) is 3.64. The van der Waals surface area contributed by atoms with Gasteiger partial charge in [-0.15, -0.1) is 0 Å². The molecule has 0 saturated carbocycles. The summed E-state index contributed by atoms with van der Waals surface area (Å²) >= 11 is 3.67. The van der Waals surface area contributed by atoms with Crippen LogP contribution in [0, 0.1) is 0 Å². The lowest BCUT2D eigenvalue weighted by Gasteiger charge is -2.34. The van der Waals surface area contributed by atoms with Crippen LogP contribution in [-0.2, 0) is 11.3 Å². The molecule has 1 aromatic carbocycles. The Hall–Kier alpha value is -1.07. The number of amides is 1. The van der Waals surface area contributed by atoms with Crippen LogP contribution >= 0.6 is 15.9 Å². The minimum absolute atomic E-state index is 0.0704. The molecule has 1 amide bonds. The van der Waals surface area contributed by atoms with Crippen LogP contribution in [0.15, 0.2) is 22.7 Å². The largest absolute Gasteiger partial charge is 0.370 e. The van der Waals surface area contributed by atoms with Crippen molar-refractivity contribution in [2.45, 2.75) is 32.4 Å². The number of nitrogens with zero attached hydrogens (tertiary/aromatic N) is 1. The van der Waals surface area contributed by atoms with Gasteiger partial charge in [0.05, 0.1) is 5.69 Å². The molecular weight excluding hydrogens is 318 g/mol. The van der Waals surface area contributed by atoms with Crippen molar-refractivity contribution in [3.63, 3.8) is 0 Å². The summed E-state index contributed by atoms with van der Waals surface area (Å²) < 4.78 is 1.14. The van der Waals surface area contributed by atoms with E-state index in [4.69, 9.17) is 0 Å². The molecule has 4 nitrogen and oxygen atoms in total. The van der Waals surface area contributed by atoms with Crippen LogP contribution in [0.25, 0.3) is 0 Å². The number of hydrogen-bond acceptors (Lipinski definition) is 3. The van der Waals surface area contributed by atoms with Crippen molar-refractivity contribution >= 4 is 27.5 Å². The molecule has 2 N–H and O–H groups in total. The van der Waals surface area contributed by atoms with E-state index in [0.717, 1.165) is 36.9 Å². The SMILES string of the molecule is CNCc1ccc(N2CCC(NC(C)=O)CC2)c(Br)c1. The van der Waals surface area contributed by atoms with E-state index in [1.165, 1.54) is 11.3 Å². The Labute approximate surface area is 129 Å². The van der Waals surface area contributed by atoms with Crippen molar-refractivity contribution < 1.29 is 4.79 Å². The summed E-state index contributed by atoms with van der Waals surface area (Å²) in [5, 5.41) is 6.17. The fourth-order valence-electron chi connectivity index (χ4n) is 2.67. The van der Waals surface area contributed by atoms with E-state index in [-0.39, 0.29) is 5.91 Å². The zero-order valence-electron chi connectivity index (χ0n) is 12.1. The molecule has 0 radical (unpaired) electrons. The minimum Gasteiger partial charge on any atom is -0.370 e. The Kier molecular flexibility index (Phi) is 5.43. The highest BCUT2D eigenvalue weighted by Gasteiger charge is 2.21. The summed E-state index contributed by atoms with van der Waals surface area (Å²) in [5.74, 6) is 0.0704. The lowest BCUT2D eigenvalue weighted by molar-refractivity contribution is -0.119. The van der Waals surface area contributed by atoms with Crippen LogP contribution in [0.2, 0.25) is 0 Å². The lowest BCUT2D eigenvalue weighted by atomic mass is 10.0. The van der Waals surface area contributed by atoms with Crippen molar-refractivity contribution in [2.24, 2.45) is 0 Å². The zero-order valence-corrected chi connectivity index (χ0v) is 13.7. The maximum atomic E-state index is 11.1. The van der Waals surface area contributed by atoms with Crippen LogP contribution in [-0.4, -0.2) is 32.1 Å². The highest BCUT2D eigenvalue weighted by molar-refractivity contribution is 9.10. The van der Waals surface area contributed by atoms with Crippen molar-refractivity contribution in [1.29, 1.82) is 0 Å². The van der Waals surface area contributed by atoms with Gasteiger partial charge in [0.15, 0.2) is 0 Å². The number of piperidine rings is 1. The molecule has 1 heterocycles. The molecule has 0 aromatic heterocycles. The molecule has 1 aromatic rings. The predicted molar refractivity (Wildman–Crippen MR) is 86.0 cm³/mol. The van der Waals surface area contributed by atoms with Crippen LogP contribution in [0.3, 0.4) is 0 Å². The number of halogens is 1. The summed E-state index contributed by atoms with van der Waals surface area (Å²) in [6.07, 6.45) is 2.01. The molecule has 5 heteroatoms. The van der Waals surface area contributed by atoms with E-state index in [0.29, 0.717) is 6.04 Å². The second kappa shape index (κ2) is 7.09. The Bertz CT molecular complexity index is 470. The van der Waals surface area contributed by atoms with Gasteiger partial charge in [0.1, 0.15) is 0 Å². The smallest absolute Gasteiger partial charge is 0.217 e. The molecule has 110 valence electrons. The van der Waals surface area contributed by atoms with E-state index >= 15 is 0 Å². The molecule has 1 aliphatic rings. The van der Waals surface area contributed by atoms with Crippen LogP contribution in [0.5, 0.6) is 0 Å². The average Bonchev–Trinajstić information content (AvgIpc) is 2.40. The topological polar surface area (TPSA) is 44.4 Å². The minimum atomic E-state index is 0.0704. The van der Waals surface area contributed by atoms with Gasteiger partial charge in [-0.25, -0.2) is 0 Å². The summed E-state index contributed by atoms with van der Waals surface area (Å²) in [6.45, 7) is 4.43. The average molecular weight is 340 g/mol. The summed E-state index contributed by atoms with van der Waals surface area (Å²) in [4.78, 5) is 13.5. The first-order valence-electron chi connectivity index (χ1n) is 7.05. The summed E-state index contributed by atoms with van der Waals surface area (Å²) in [6, 6.07) is 6.84. The molecule has 1 saturated heterocycles. The molecule has 1 fully saturated rings. The van der Waals surface area contributed by atoms with Gasteiger partial charge in [-0.05, 0) is 53.5 Å². The summed E-state index contributed by atoms with van der Waals surface area (Å²) in [7, 11) is 1.95. The zero-order chi connectivity index (χ0) is 14.5. The maximum absolute atomic E-state index is 11.1. The van der Waals surface area contributed by atoms with E-state index < -0.39 is 0 Å². The first kappa shape index (κ1) is 15.3. The van der Waals surface area contributed by atoms with Gasteiger partial charge >= 0.3 is 0 Å². The Balaban J connectivity index is 1.98. The van der Waals surface area contributed by atoms with Crippen LogP contribution < -0.4 is 15.5 Å². The lowest BCUT2D eigenvalue weighted by Crippen LogP contribution is -2.44. The molecule has 0 unspecified atom stereocenters. The standard InChI is InChI=1S/C15H22BrN3O/c1-11(20)18-13-5-7-19(8-6-13)15-4-3-12(10-17-2)9-14(15)16/h3-4,9,13,17H,5-8,10H2,1-2H3,(H,18,20). The summed E-state index contributed by atoms with van der Waals surface area (Å²) in [5.41, 5.74) is 2.52. The van der Waals surface area contributed by atoms with E-state index in [9.17, 15) is 4.79 Å². The fraction of sp³-hybridized carbons (Fsp3) is 0.533. The number of hydrogen-bond donors (Lipinski definition) is 2. The molecule has 0 bridgehead atoms.